The van der Waals surface area contributed by atoms with Crippen LogP contribution in [0.15, 0.2) is 0 Å². The molecule has 0 spiro atoms. The van der Waals surface area contributed by atoms with E-state index in [1.54, 1.807) is 6.92 Å². The van der Waals surface area contributed by atoms with E-state index in [2.05, 4.69) is 39.5 Å². The Kier molecular flexibility index (Phi) is 23.2. The maximum Gasteiger partial charge on any atom is 0.153 e. The molecule has 0 aliphatic rings. The van der Waals surface area contributed by atoms with Crippen molar-refractivity contribution in [3.63, 3.8) is 0 Å². The van der Waals surface area contributed by atoms with Crippen LogP contribution in [-0.4, -0.2) is 40.9 Å². The molecule has 0 amide bonds. The molecule has 3 atom stereocenters. The smallest absolute Gasteiger partial charge is 0.153 e. The molecule has 0 aromatic carbocycles. The minimum atomic E-state index is -0.868. The summed E-state index contributed by atoms with van der Waals surface area (Å²) in [6.07, 6.45) is 0.627. The van der Waals surface area contributed by atoms with Crippen molar-refractivity contribution in [2.75, 3.05) is 13.2 Å². The van der Waals surface area contributed by atoms with E-state index < -0.39 is 17.5 Å². The summed E-state index contributed by atoms with van der Waals surface area (Å²) >= 11 is 0. The fourth-order valence-electron chi connectivity index (χ4n) is 2.74. The van der Waals surface area contributed by atoms with E-state index >= 15 is 0 Å². The van der Waals surface area contributed by atoms with E-state index in [1.165, 1.54) is 0 Å². The van der Waals surface area contributed by atoms with Gasteiger partial charge in [-0.25, -0.2) is 0 Å². The predicted molar refractivity (Wildman–Crippen MR) is 116 cm³/mol. The Morgan fingerprint density at radius 2 is 1.19 bits per heavy atom. The first-order valence-corrected chi connectivity index (χ1v) is 8.17. The van der Waals surface area contributed by atoms with E-state index in [1.807, 2.05) is 13.8 Å². The zero-order chi connectivity index (χ0) is 17.4. The largest absolute Gasteiger partial charge is 0.394 e. The van der Waals surface area contributed by atoms with Gasteiger partial charge in [-0.1, -0.05) is 69.2 Å². The van der Waals surface area contributed by atoms with Gasteiger partial charge in [-0.15, -0.1) is 0 Å². The van der Waals surface area contributed by atoms with Crippen molar-refractivity contribution >= 4 is 0 Å². The lowest BCUT2D eigenvalue weighted by Crippen LogP contribution is -2.35. The molecule has 0 heterocycles. The quantitative estimate of drug-likeness (QED) is 0.410. The molecule has 0 rings (SSSR count). The van der Waals surface area contributed by atoms with Gasteiger partial charge in [0.25, 0.3) is 0 Å². The maximum atomic E-state index is 9.56. The van der Waals surface area contributed by atoms with Gasteiger partial charge in [-0.2, -0.15) is 0 Å². The van der Waals surface area contributed by atoms with Crippen LogP contribution >= 0.6 is 0 Å². The van der Waals surface area contributed by atoms with Crippen molar-refractivity contribution in [3.05, 3.63) is 0 Å². The second kappa shape index (κ2) is 16.6. The van der Waals surface area contributed by atoms with Gasteiger partial charge < -0.3 is 19.7 Å². The van der Waals surface area contributed by atoms with Gasteiger partial charge in [0.1, 0.15) is 11.2 Å². The van der Waals surface area contributed by atoms with Gasteiger partial charge >= 0.3 is 0 Å². The summed E-state index contributed by atoms with van der Waals surface area (Å²) < 4.78 is 11.4. The molecule has 0 aromatic heterocycles. The van der Waals surface area contributed by atoms with Crippen molar-refractivity contribution in [1.29, 1.82) is 0 Å². The standard InChI is InChI=1S/C18H34O4.4CH4/c1-14(2)12-17(6,21-11-10-19)8-9-18(7,13-15(3)4)22-16(5)20;;;;/h14-16,19-20H,10-13H2,1-7H3;4*1H4. The summed E-state index contributed by atoms with van der Waals surface area (Å²) in [7, 11) is 0. The fraction of sp³-hybridized carbons (Fsp3) is 0.909. The fourth-order valence-corrected chi connectivity index (χ4v) is 2.74. The molecule has 2 N–H and O–H groups in total. The van der Waals surface area contributed by atoms with Crippen LogP contribution in [0.25, 0.3) is 0 Å². The first-order chi connectivity index (χ1) is 10.0. The summed E-state index contributed by atoms with van der Waals surface area (Å²) in [6.45, 7) is 14.1. The van der Waals surface area contributed by atoms with Gasteiger partial charge in [0.15, 0.2) is 6.29 Å². The molecule has 0 aliphatic heterocycles. The monoisotopic (exact) mass is 378 g/mol. The number of ether oxygens (including phenoxy) is 2. The summed E-state index contributed by atoms with van der Waals surface area (Å²) in [6, 6.07) is 0. The maximum absolute atomic E-state index is 9.56. The van der Waals surface area contributed by atoms with Crippen LogP contribution in [0.1, 0.15) is 91.0 Å². The van der Waals surface area contributed by atoms with E-state index in [-0.39, 0.29) is 42.9 Å². The van der Waals surface area contributed by atoms with E-state index in [9.17, 15) is 5.11 Å². The molecule has 0 aromatic rings. The highest BCUT2D eigenvalue weighted by atomic mass is 16.6. The van der Waals surface area contributed by atoms with Gasteiger partial charge in [0, 0.05) is 0 Å². The van der Waals surface area contributed by atoms with Crippen LogP contribution in [0.5, 0.6) is 0 Å². The molecule has 0 radical (unpaired) electrons. The Hall–Kier alpha value is -0.600. The minimum absolute atomic E-state index is 0. The SMILES string of the molecule is C.C.C.C.CC(C)CC(C)(C#CC(C)(CC(C)C)OC(C)O)OCCO. The summed E-state index contributed by atoms with van der Waals surface area (Å²) in [5, 5.41) is 18.6. The lowest BCUT2D eigenvalue weighted by molar-refractivity contribution is -0.151. The van der Waals surface area contributed by atoms with Crippen molar-refractivity contribution in [1.82, 2.24) is 0 Å². The number of aliphatic hydroxyl groups excluding tert-OH is 2. The average molecular weight is 379 g/mol. The van der Waals surface area contributed by atoms with E-state index in [4.69, 9.17) is 14.6 Å². The first kappa shape index (κ1) is 36.3. The molecule has 0 saturated carbocycles. The lowest BCUT2D eigenvalue weighted by Gasteiger charge is -2.30. The van der Waals surface area contributed by atoms with Crippen LogP contribution in [0.3, 0.4) is 0 Å². The Labute approximate surface area is 165 Å². The van der Waals surface area contributed by atoms with E-state index in [0.29, 0.717) is 11.8 Å². The number of aliphatic hydroxyl groups is 2. The zero-order valence-corrected chi connectivity index (χ0v) is 15.3. The highest BCUT2D eigenvalue weighted by molar-refractivity contribution is 5.21. The van der Waals surface area contributed by atoms with Gasteiger partial charge in [-0.05, 0) is 45.4 Å². The second-order valence-corrected chi connectivity index (χ2v) is 7.20. The molecule has 0 saturated heterocycles. The highest BCUT2D eigenvalue weighted by Crippen LogP contribution is 2.24. The molecule has 162 valence electrons. The van der Waals surface area contributed by atoms with Crippen molar-refractivity contribution in [3.8, 4) is 11.8 Å². The Bertz CT molecular complexity index is 356. The molecule has 0 aliphatic carbocycles. The predicted octanol–water partition coefficient (Wildman–Crippen LogP) is 5.51. The highest BCUT2D eigenvalue weighted by Gasteiger charge is 2.29. The Balaban J connectivity index is -0.000000367. The minimum Gasteiger partial charge on any atom is -0.394 e. The molecule has 26 heavy (non-hydrogen) atoms. The van der Waals surface area contributed by atoms with E-state index in [0.717, 1.165) is 12.8 Å². The van der Waals surface area contributed by atoms with Crippen molar-refractivity contribution < 1.29 is 19.7 Å². The number of hydrogen-bond donors (Lipinski definition) is 2. The van der Waals surface area contributed by atoms with Crippen LogP contribution in [-0.2, 0) is 9.47 Å². The molecular formula is C22H50O4. The number of rotatable bonds is 9. The van der Waals surface area contributed by atoms with Crippen molar-refractivity contribution in [2.45, 2.75) is 109 Å². The lowest BCUT2D eigenvalue weighted by atomic mass is 9.90. The Morgan fingerprint density at radius 3 is 1.54 bits per heavy atom. The Morgan fingerprint density at radius 1 is 0.808 bits per heavy atom. The molecular weight excluding hydrogens is 328 g/mol. The van der Waals surface area contributed by atoms with Crippen LogP contribution in [0.2, 0.25) is 0 Å². The zero-order valence-electron chi connectivity index (χ0n) is 15.3. The molecule has 4 heteroatoms. The molecule has 4 nitrogen and oxygen atoms in total. The number of hydrogen-bond acceptors (Lipinski definition) is 4. The van der Waals surface area contributed by atoms with Crippen molar-refractivity contribution in [2.24, 2.45) is 11.8 Å². The van der Waals surface area contributed by atoms with Gasteiger partial charge in [0.05, 0.1) is 13.2 Å². The van der Waals surface area contributed by atoms with Gasteiger partial charge in [0.2, 0.25) is 0 Å². The average Bonchev–Trinajstić information content (AvgIpc) is 2.31. The van der Waals surface area contributed by atoms with Gasteiger partial charge in [-0.3, -0.25) is 0 Å². The third-order valence-electron chi connectivity index (χ3n) is 3.13. The summed E-state index contributed by atoms with van der Waals surface area (Å²) in [5.74, 6) is 7.19. The third kappa shape index (κ3) is 16.8. The summed E-state index contributed by atoms with van der Waals surface area (Å²) in [4.78, 5) is 0. The first-order valence-electron chi connectivity index (χ1n) is 8.17. The van der Waals surface area contributed by atoms with Crippen LogP contribution < -0.4 is 0 Å². The summed E-state index contributed by atoms with van der Waals surface area (Å²) in [5.41, 5.74) is -1.35. The van der Waals surface area contributed by atoms with Crippen LogP contribution in [0, 0.1) is 23.7 Å². The molecule has 0 bridgehead atoms. The molecule has 0 fully saturated rings. The molecule has 3 unspecified atom stereocenters. The third-order valence-corrected chi connectivity index (χ3v) is 3.13. The topological polar surface area (TPSA) is 58.9 Å². The second-order valence-electron chi connectivity index (χ2n) is 7.20. The van der Waals surface area contributed by atoms with Crippen LogP contribution in [0.4, 0.5) is 0 Å². The normalized spacial score (nSPS) is 15.7.